The molecule has 1 unspecified atom stereocenters. The lowest BCUT2D eigenvalue weighted by Crippen LogP contribution is -2.59. The number of rotatable bonds is 15. The number of nitrogens with zero attached hydrogens (tertiary/aromatic N) is 1. The standard InChI is InChI=1S/C31H46N4O5.ClH/c1-5-23(6-2)30(38)35(31(39)27-12-9-15-33-27)28(17-22-13-14-24-10-7-8-11-25(24)16-22)29(37)34-20-26(36)19-32-18-21(3)40-4;/h7-8,10-11,13-14,16,21,23,26-28,32-33,36H,5-6,9,12,15,17-20H2,1-4H3,(H,34,37);1H/t21-,26?,27+,28-;/m1./s1. The number of ether oxygens (including phenoxy) is 1. The topological polar surface area (TPSA) is 120 Å². The maximum absolute atomic E-state index is 13.9. The second-order valence-electron chi connectivity index (χ2n) is 10.7. The third kappa shape index (κ3) is 9.75. The van der Waals surface area contributed by atoms with E-state index >= 15 is 0 Å². The lowest BCUT2D eigenvalue weighted by molar-refractivity contribution is -0.155. The fourth-order valence-electron chi connectivity index (χ4n) is 5.15. The van der Waals surface area contributed by atoms with Crippen LogP contribution in [-0.4, -0.2) is 85.3 Å². The molecule has 0 bridgehead atoms. The van der Waals surface area contributed by atoms with Gasteiger partial charge in [0.15, 0.2) is 0 Å². The van der Waals surface area contributed by atoms with E-state index in [1.807, 2.05) is 63.2 Å². The van der Waals surface area contributed by atoms with Crippen molar-refractivity contribution in [2.75, 3.05) is 33.3 Å². The Morgan fingerprint density at radius 3 is 2.41 bits per heavy atom. The number of carbonyl (C=O) groups is 3. The summed E-state index contributed by atoms with van der Waals surface area (Å²) in [6, 6.07) is 12.3. The van der Waals surface area contributed by atoms with Crippen molar-refractivity contribution in [2.45, 2.75) is 77.2 Å². The van der Waals surface area contributed by atoms with Crippen molar-refractivity contribution in [1.82, 2.24) is 20.9 Å². The van der Waals surface area contributed by atoms with Crippen LogP contribution in [0.3, 0.4) is 0 Å². The van der Waals surface area contributed by atoms with Gasteiger partial charge in [-0.25, -0.2) is 0 Å². The summed E-state index contributed by atoms with van der Waals surface area (Å²) in [6.07, 6.45) is 1.95. The van der Waals surface area contributed by atoms with Crippen LogP contribution in [0.25, 0.3) is 10.8 Å². The molecule has 0 spiro atoms. The van der Waals surface area contributed by atoms with Gasteiger partial charge in [0.05, 0.1) is 18.2 Å². The minimum Gasteiger partial charge on any atom is -0.390 e. The van der Waals surface area contributed by atoms with Crippen LogP contribution in [0.1, 0.15) is 52.0 Å². The first-order valence-corrected chi connectivity index (χ1v) is 14.6. The number of aliphatic hydroxyl groups excluding tert-OH is 1. The summed E-state index contributed by atoms with van der Waals surface area (Å²) in [7, 11) is 1.62. The summed E-state index contributed by atoms with van der Waals surface area (Å²) in [6.45, 7) is 7.29. The van der Waals surface area contributed by atoms with E-state index in [2.05, 4.69) is 16.0 Å². The molecule has 1 fully saturated rings. The maximum Gasteiger partial charge on any atom is 0.247 e. The first kappa shape index (κ1) is 34.6. The molecule has 0 aromatic heterocycles. The summed E-state index contributed by atoms with van der Waals surface area (Å²) >= 11 is 0. The Morgan fingerprint density at radius 2 is 1.78 bits per heavy atom. The van der Waals surface area contributed by atoms with Gasteiger partial charge in [0.2, 0.25) is 17.7 Å². The van der Waals surface area contributed by atoms with Gasteiger partial charge in [-0.3, -0.25) is 19.3 Å². The van der Waals surface area contributed by atoms with Crippen LogP contribution in [0.4, 0.5) is 0 Å². The van der Waals surface area contributed by atoms with E-state index in [1.165, 1.54) is 4.90 Å². The number of carbonyl (C=O) groups excluding carboxylic acids is 3. The minimum atomic E-state index is -1.04. The quantitative estimate of drug-likeness (QED) is 0.252. The molecule has 1 aliphatic rings. The molecule has 0 radical (unpaired) electrons. The van der Waals surface area contributed by atoms with E-state index in [4.69, 9.17) is 4.74 Å². The van der Waals surface area contributed by atoms with Gasteiger partial charge in [-0.05, 0) is 55.5 Å². The summed E-state index contributed by atoms with van der Waals surface area (Å²) < 4.78 is 5.21. The lowest BCUT2D eigenvalue weighted by atomic mass is 9.96. The van der Waals surface area contributed by atoms with Gasteiger partial charge in [0, 0.05) is 39.1 Å². The first-order valence-electron chi connectivity index (χ1n) is 14.6. The second-order valence-corrected chi connectivity index (χ2v) is 10.7. The zero-order valence-electron chi connectivity index (χ0n) is 24.7. The minimum absolute atomic E-state index is 0. The van der Waals surface area contributed by atoms with E-state index < -0.39 is 24.1 Å². The van der Waals surface area contributed by atoms with Crippen molar-refractivity contribution < 1.29 is 24.2 Å². The third-order valence-corrected chi connectivity index (χ3v) is 7.75. The highest BCUT2D eigenvalue weighted by molar-refractivity contribution is 6.03. The van der Waals surface area contributed by atoms with Crippen LogP contribution in [-0.2, 0) is 25.5 Å². The number of hydrogen-bond donors (Lipinski definition) is 4. The fourth-order valence-corrected chi connectivity index (χ4v) is 5.15. The number of hydrogen-bond acceptors (Lipinski definition) is 7. The van der Waals surface area contributed by atoms with Crippen LogP contribution >= 0.6 is 12.4 Å². The average molecular weight is 591 g/mol. The number of aliphatic hydroxyl groups is 1. The molecule has 4 atom stereocenters. The predicted octanol–water partition coefficient (Wildman–Crippen LogP) is 2.82. The number of imide groups is 1. The van der Waals surface area contributed by atoms with Crippen molar-refractivity contribution in [3.63, 3.8) is 0 Å². The van der Waals surface area contributed by atoms with Crippen LogP contribution < -0.4 is 16.0 Å². The van der Waals surface area contributed by atoms with Gasteiger partial charge in [0.1, 0.15) is 6.04 Å². The predicted molar refractivity (Wildman–Crippen MR) is 164 cm³/mol. The number of benzene rings is 2. The van der Waals surface area contributed by atoms with Crippen LogP contribution in [0.15, 0.2) is 42.5 Å². The number of amides is 3. The van der Waals surface area contributed by atoms with E-state index in [0.717, 1.165) is 22.8 Å². The molecule has 1 saturated heterocycles. The Balaban J connectivity index is 0.00000588. The lowest BCUT2D eigenvalue weighted by Gasteiger charge is -2.34. The smallest absolute Gasteiger partial charge is 0.247 e. The maximum atomic E-state index is 13.9. The van der Waals surface area contributed by atoms with Gasteiger partial charge >= 0.3 is 0 Å². The summed E-state index contributed by atoms with van der Waals surface area (Å²) in [5.41, 5.74) is 0.851. The number of nitrogens with one attached hydrogen (secondary N) is 3. The summed E-state index contributed by atoms with van der Waals surface area (Å²) in [5.74, 6) is -1.50. The van der Waals surface area contributed by atoms with E-state index in [0.29, 0.717) is 32.4 Å². The Labute approximate surface area is 250 Å². The van der Waals surface area contributed by atoms with Gasteiger partial charge in [0.25, 0.3) is 0 Å². The fraction of sp³-hybridized carbons (Fsp3) is 0.581. The average Bonchev–Trinajstić information content (AvgIpc) is 3.51. The number of halogens is 1. The van der Waals surface area contributed by atoms with Crippen molar-refractivity contribution >= 4 is 40.9 Å². The molecule has 10 heteroatoms. The van der Waals surface area contributed by atoms with Crippen molar-refractivity contribution in [3.05, 3.63) is 48.0 Å². The highest BCUT2D eigenvalue weighted by Crippen LogP contribution is 2.23. The zero-order chi connectivity index (χ0) is 29.1. The molecular weight excluding hydrogens is 544 g/mol. The Bertz CT molecular complexity index is 1110. The van der Waals surface area contributed by atoms with Crippen molar-refractivity contribution in [2.24, 2.45) is 5.92 Å². The van der Waals surface area contributed by atoms with E-state index in [-0.39, 0.29) is 55.8 Å². The molecule has 3 rings (SSSR count). The molecule has 0 saturated carbocycles. The molecule has 228 valence electrons. The summed E-state index contributed by atoms with van der Waals surface area (Å²) in [4.78, 5) is 42.7. The van der Waals surface area contributed by atoms with Crippen LogP contribution in [0, 0.1) is 5.92 Å². The molecule has 9 nitrogen and oxygen atoms in total. The van der Waals surface area contributed by atoms with Gasteiger partial charge < -0.3 is 25.8 Å². The van der Waals surface area contributed by atoms with Crippen LogP contribution in [0.2, 0.25) is 0 Å². The second kappa shape index (κ2) is 17.4. The Kier molecular flexibility index (Phi) is 14.7. The molecule has 3 amide bonds. The normalized spacial score (nSPS) is 17.1. The largest absolute Gasteiger partial charge is 0.390 e. The summed E-state index contributed by atoms with van der Waals surface area (Å²) in [5, 5.41) is 21.7. The van der Waals surface area contributed by atoms with Gasteiger partial charge in [-0.15, -0.1) is 12.4 Å². The molecule has 2 aromatic rings. The molecule has 1 aliphatic heterocycles. The monoisotopic (exact) mass is 590 g/mol. The molecule has 41 heavy (non-hydrogen) atoms. The highest BCUT2D eigenvalue weighted by atomic mass is 35.5. The Hall–Kier alpha value is -2.56. The molecule has 0 aliphatic carbocycles. The first-order chi connectivity index (χ1) is 19.3. The van der Waals surface area contributed by atoms with Gasteiger partial charge in [-0.2, -0.15) is 0 Å². The molecular formula is C31H47ClN4O5. The zero-order valence-corrected chi connectivity index (χ0v) is 25.5. The number of fused-ring (bicyclic) bond motifs is 1. The Morgan fingerprint density at radius 1 is 1.07 bits per heavy atom. The van der Waals surface area contributed by atoms with E-state index in [9.17, 15) is 19.5 Å². The van der Waals surface area contributed by atoms with Crippen molar-refractivity contribution in [3.8, 4) is 0 Å². The van der Waals surface area contributed by atoms with E-state index in [1.54, 1.807) is 7.11 Å². The molecule has 4 N–H and O–H groups in total. The third-order valence-electron chi connectivity index (χ3n) is 7.75. The molecule has 1 heterocycles. The number of methoxy groups -OCH3 is 1. The van der Waals surface area contributed by atoms with Gasteiger partial charge in [-0.1, -0.05) is 56.3 Å². The van der Waals surface area contributed by atoms with Crippen LogP contribution in [0.5, 0.6) is 0 Å². The SMILES string of the molecule is CCC(CC)C(=O)N(C(=O)[C@@H]1CCCN1)[C@H](Cc1ccc2ccccc2c1)C(=O)NCC(O)CNC[C@@H](C)OC.Cl. The molecule has 2 aromatic carbocycles. The highest BCUT2D eigenvalue weighted by Gasteiger charge is 2.40. The van der Waals surface area contributed by atoms with Crippen molar-refractivity contribution in [1.29, 1.82) is 0 Å².